The first-order valence-corrected chi connectivity index (χ1v) is 10.6. The lowest BCUT2D eigenvalue weighted by atomic mass is 10.2. The maximum Gasteiger partial charge on any atom is 0.317 e. The fourth-order valence-electron chi connectivity index (χ4n) is 3.09. The second kappa shape index (κ2) is 11.3. The minimum atomic E-state index is -0.310. The van der Waals surface area contributed by atoms with E-state index in [1.165, 1.54) is 6.08 Å². The first-order chi connectivity index (χ1) is 15.0. The van der Waals surface area contributed by atoms with E-state index in [2.05, 4.69) is 25.8 Å². The summed E-state index contributed by atoms with van der Waals surface area (Å²) in [4.78, 5) is 30.5. The summed E-state index contributed by atoms with van der Waals surface area (Å²) in [5.41, 5.74) is 0.972. The van der Waals surface area contributed by atoms with Gasteiger partial charge in [-0.25, -0.2) is 9.78 Å². The van der Waals surface area contributed by atoms with Crippen LogP contribution in [0.2, 0.25) is 0 Å². The summed E-state index contributed by atoms with van der Waals surface area (Å²) in [6.07, 6.45) is 3.61. The zero-order chi connectivity index (χ0) is 22.1. The predicted octanol–water partition coefficient (Wildman–Crippen LogP) is 2.23. The Balaban J connectivity index is 1.34. The van der Waals surface area contributed by atoms with Gasteiger partial charge in [0.05, 0.1) is 13.2 Å². The zero-order valence-electron chi connectivity index (χ0n) is 18.0. The van der Waals surface area contributed by atoms with Gasteiger partial charge in [-0.2, -0.15) is 5.10 Å². The van der Waals surface area contributed by atoms with Gasteiger partial charge in [-0.1, -0.05) is 44.2 Å². The molecule has 0 saturated carbocycles. The Morgan fingerprint density at radius 1 is 1.26 bits per heavy atom. The average Bonchev–Trinajstić information content (AvgIpc) is 3.29. The van der Waals surface area contributed by atoms with Gasteiger partial charge in [-0.15, -0.1) is 0 Å². The molecule has 9 heteroatoms. The summed E-state index contributed by atoms with van der Waals surface area (Å²) in [5, 5.41) is 12.8. The second-order valence-corrected chi connectivity index (χ2v) is 7.66. The maximum absolute atomic E-state index is 12.5. The molecule has 1 aliphatic rings. The van der Waals surface area contributed by atoms with Crippen molar-refractivity contribution in [3.63, 3.8) is 0 Å². The van der Waals surface area contributed by atoms with E-state index < -0.39 is 0 Å². The minimum absolute atomic E-state index is 0.146. The molecule has 0 radical (unpaired) electrons. The van der Waals surface area contributed by atoms with Crippen molar-refractivity contribution >= 4 is 18.0 Å². The highest BCUT2D eigenvalue weighted by atomic mass is 16.5. The maximum atomic E-state index is 12.5. The molecule has 1 saturated heterocycles. The van der Waals surface area contributed by atoms with E-state index in [1.807, 2.05) is 44.2 Å². The van der Waals surface area contributed by atoms with Gasteiger partial charge in [-0.3, -0.25) is 9.89 Å². The third-order valence-corrected chi connectivity index (χ3v) is 4.85. The molecule has 3 rings (SSSR count). The molecule has 9 nitrogen and oxygen atoms in total. The van der Waals surface area contributed by atoms with Gasteiger partial charge in [0.15, 0.2) is 11.6 Å². The van der Waals surface area contributed by atoms with E-state index in [9.17, 15) is 9.59 Å². The number of carbonyl (C=O) groups excluding carboxylic acids is 2. The Kier molecular flexibility index (Phi) is 8.17. The van der Waals surface area contributed by atoms with Gasteiger partial charge in [0, 0.05) is 31.6 Å². The molecule has 1 aromatic heterocycles. The predicted molar refractivity (Wildman–Crippen MR) is 117 cm³/mol. The first kappa shape index (κ1) is 22.5. The summed E-state index contributed by atoms with van der Waals surface area (Å²) in [5.74, 6) is 1.45. The Bertz CT molecular complexity index is 880. The number of morpholine rings is 1. The highest BCUT2D eigenvalue weighted by Crippen LogP contribution is 2.20. The molecule has 1 fully saturated rings. The number of rotatable bonds is 8. The Hall–Kier alpha value is -3.20. The van der Waals surface area contributed by atoms with Crippen molar-refractivity contribution in [2.75, 3.05) is 32.8 Å². The third kappa shape index (κ3) is 6.92. The second-order valence-electron chi connectivity index (χ2n) is 7.66. The van der Waals surface area contributed by atoms with Crippen LogP contribution < -0.4 is 10.6 Å². The van der Waals surface area contributed by atoms with Crippen LogP contribution >= 0.6 is 0 Å². The molecule has 1 aliphatic heterocycles. The van der Waals surface area contributed by atoms with Crippen LogP contribution in [0.25, 0.3) is 6.08 Å². The van der Waals surface area contributed by atoms with Gasteiger partial charge in [0.1, 0.15) is 6.10 Å². The van der Waals surface area contributed by atoms with E-state index in [-0.39, 0.29) is 24.0 Å². The largest absolute Gasteiger partial charge is 0.367 e. The number of aromatic amines is 1. The molecule has 0 bridgehead atoms. The third-order valence-electron chi connectivity index (χ3n) is 4.85. The highest BCUT2D eigenvalue weighted by molar-refractivity contribution is 5.91. The van der Waals surface area contributed by atoms with Crippen molar-refractivity contribution in [3.8, 4) is 0 Å². The summed E-state index contributed by atoms with van der Waals surface area (Å²) < 4.78 is 5.75. The summed E-state index contributed by atoms with van der Waals surface area (Å²) >= 11 is 0. The Morgan fingerprint density at radius 2 is 2.03 bits per heavy atom. The molecule has 0 spiro atoms. The lowest BCUT2D eigenvalue weighted by molar-refractivity contribution is -0.116. The number of carbonyl (C=O) groups is 2. The summed E-state index contributed by atoms with van der Waals surface area (Å²) in [6.45, 7) is 6.39. The smallest absolute Gasteiger partial charge is 0.317 e. The van der Waals surface area contributed by atoms with E-state index in [4.69, 9.17) is 4.74 Å². The number of urea groups is 1. The molecule has 1 unspecified atom stereocenters. The van der Waals surface area contributed by atoms with Crippen LogP contribution in [0.1, 0.15) is 49.5 Å². The first-order valence-electron chi connectivity index (χ1n) is 10.6. The average molecular weight is 427 g/mol. The monoisotopic (exact) mass is 426 g/mol. The van der Waals surface area contributed by atoms with Gasteiger partial charge in [-0.05, 0) is 18.1 Å². The molecule has 1 aromatic carbocycles. The lowest BCUT2D eigenvalue weighted by Gasteiger charge is -2.31. The van der Waals surface area contributed by atoms with E-state index in [1.54, 1.807) is 11.0 Å². The zero-order valence-corrected chi connectivity index (χ0v) is 18.0. The fraction of sp³-hybridized carbons (Fsp3) is 0.455. The number of amides is 3. The number of benzene rings is 1. The molecule has 2 heterocycles. The molecule has 1 atom stereocenters. The van der Waals surface area contributed by atoms with Gasteiger partial charge < -0.3 is 20.3 Å². The van der Waals surface area contributed by atoms with Crippen LogP contribution in [-0.2, 0) is 9.53 Å². The van der Waals surface area contributed by atoms with Crippen LogP contribution in [0.4, 0.5) is 4.79 Å². The van der Waals surface area contributed by atoms with Crippen LogP contribution in [0.15, 0.2) is 36.4 Å². The number of H-pyrrole nitrogens is 1. The molecule has 3 amide bonds. The molecule has 0 aliphatic carbocycles. The molecule has 2 aromatic rings. The van der Waals surface area contributed by atoms with Crippen molar-refractivity contribution in [2.45, 2.75) is 32.3 Å². The molecular weight excluding hydrogens is 396 g/mol. The number of aromatic nitrogens is 3. The van der Waals surface area contributed by atoms with Gasteiger partial charge in [0.2, 0.25) is 5.91 Å². The minimum Gasteiger partial charge on any atom is -0.367 e. The molecular formula is C22H30N6O3. The molecule has 166 valence electrons. The van der Waals surface area contributed by atoms with Crippen molar-refractivity contribution in [1.82, 2.24) is 30.7 Å². The standard InChI is InChI=1S/C22H30N6O3/c1-16(2)20-25-21(27-26-20)18-15-28(13-14-31-18)22(30)24-12-6-11-23-19(29)10-9-17-7-4-3-5-8-17/h3-5,7-10,16,18H,6,11-15H2,1-2H3,(H,23,29)(H,24,30)(H,25,26,27)/b10-9+. The van der Waals surface area contributed by atoms with Gasteiger partial charge >= 0.3 is 6.03 Å². The van der Waals surface area contributed by atoms with Crippen molar-refractivity contribution in [3.05, 3.63) is 53.6 Å². The fourth-order valence-corrected chi connectivity index (χ4v) is 3.09. The SMILES string of the molecule is CC(C)c1n[nH]c(C2CN(C(=O)NCCCNC(=O)/C=C/c3ccccc3)CCO2)n1. The summed E-state index contributed by atoms with van der Waals surface area (Å²) in [6, 6.07) is 9.49. The number of nitrogens with zero attached hydrogens (tertiary/aromatic N) is 3. The van der Waals surface area contributed by atoms with E-state index in [0.29, 0.717) is 45.0 Å². The quantitative estimate of drug-likeness (QED) is 0.443. The molecule has 3 N–H and O–H groups in total. The van der Waals surface area contributed by atoms with E-state index >= 15 is 0 Å². The Labute approximate surface area is 182 Å². The van der Waals surface area contributed by atoms with Crippen molar-refractivity contribution < 1.29 is 14.3 Å². The number of hydrogen-bond acceptors (Lipinski definition) is 5. The topological polar surface area (TPSA) is 112 Å². The Morgan fingerprint density at radius 3 is 2.77 bits per heavy atom. The number of nitrogens with one attached hydrogen (secondary N) is 3. The highest BCUT2D eigenvalue weighted by Gasteiger charge is 2.27. The van der Waals surface area contributed by atoms with Gasteiger partial charge in [0.25, 0.3) is 0 Å². The van der Waals surface area contributed by atoms with Crippen LogP contribution in [-0.4, -0.2) is 64.8 Å². The number of hydrogen-bond donors (Lipinski definition) is 3. The normalized spacial score (nSPS) is 16.6. The lowest BCUT2D eigenvalue weighted by Crippen LogP contribution is -2.47. The van der Waals surface area contributed by atoms with Crippen molar-refractivity contribution in [1.29, 1.82) is 0 Å². The molecule has 31 heavy (non-hydrogen) atoms. The van der Waals surface area contributed by atoms with Crippen LogP contribution in [0, 0.1) is 0 Å². The number of ether oxygens (including phenoxy) is 1. The van der Waals surface area contributed by atoms with Crippen LogP contribution in [0.5, 0.6) is 0 Å². The van der Waals surface area contributed by atoms with E-state index in [0.717, 1.165) is 11.4 Å². The van der Waals surface area contributed by atoms with Crippen LogP contribution in [0.3, 0.4) is 0 Å². The summed E-state index contributed by atoms with van der Waals surface area (Å²) in [7, 11) is 0. The van der Waals surface area contributed by atoms with Crippen molar-refractivity contribution in [2.24, 2.45) is 0 Å².